The van der Waals surface area contributed by atoms with Crippen molar-refractivity contribution in [3.05, 3.63) is 47.8 Å². The summed E-state index contributed by atoms with van der Waals surface area (Å²) < 4.78 is 5.91. The van der Waals surface area contributed by atoms with Gasteiger partial charge in [-0.2, -0.15) is 0 Å². The van der Waals surface area contributed by atoms with Crippen LogP contribution in [0.2, 0.25) is 0 Å². The average molecular weight is 281 g/mol. The van der Waals surface area contributed by atoms with Crippen LogP contribution in [0, 0.1) is 12.8 Å². The number of hydrogen-bond donors (Lipinski definition) is 0. The molecule has 0 N–H and O–H groups in total. The van der Waals surface area contributed by atoms with E-state index in [1.807, 2.05) is 6.07 Å². The first-order valence-corrected chi connectivity index (χ1v) is 7.34. The summed E-state index contributed by atoms with van der Waals surface area (Å²) in [7, 11) is 0. The Morgan fingerprint density at radius 2 is 2.00 bits per heavy atom. The summed E-state index contributed by atoms with van der Waals surface area (Å²) in [6, 6.07) is 10.1. The monoisotopic (exact) mass is 281 g/mol. The minimum Gasteiger partial charge on any atom is -0.491 e. The van der Waals surface area contributed by atoms with Crippen LogP contribution in [0.25, 0.3) is 11.1 Å². The first-order valence-electron chi connectivity index (χ1n) is 7.34. The van der Waals surface area contributed by atoms with E-state index in [1.165, 1.54) is 25.3 Å². The molecule has 0 aliphatic heterocycles. The number of nitrogens with zero attached hydrogens (tertiary/aromatic N) is 1. The van der Waals surface area contributed by atoms with E-state index < -0.39 is 0 Å². The van der Waals surface area contributed by atoms with E-state index in [0.29, 0.717) is 11.6 Å². The lowest BCUT2D eigenvalue weighted by atomic mass is 10.0. The number of rotatable bonds is 5. The fraction of sp³-hybridized carbons (Fsp3) is 0.333. The first kappa shape index (κ1) is 13.8. The van der Waals surface area contributed by atoms with Gasteiger partial charge in [0.05, 0.1) is 12.8 Å². The van der Waals surface area contributed by atoms with E-state index in [2.05, 4.69) is 36.2 Å². The van der Waals surface area contributed by atoms with Crippen LogP contribution < -0.4 is 4.74 Å². The standard InChI is InChI=1S/C18H19NO2/c1-12-3-7-15(8-4-12)16-9-17(13(2)20)19-10-18(16)21-11-14-5-6-14/h3-4,7-10,14H,5-6,11H2,1-2H3. The van der Waals surface area contributed by atoms with Gasteiger partial charge in [-0.15, -0.1) is 0 Å². The van der Waals surface area contributed by atoms with Crippen molar-refractivity contribution >= 4 is 5.78 Å². The van der Waals surface area contributed by atoms with Gasteiger partial charge in [0.1, 0.15) is 11.4 Å². The van der Waals surface area contributed by atoms with Gasteiger partial charge >= 0.3 is 0 Å². The van der Waals surface area contributed by atoms with Crippen LogP contribution >= 0.6 is 0 Å². The third-order valence-corrected chi connectivity index (χ3v) is 3.76. The number of Topliss-reactive ketones (excluding diaryl/α,β-unsaturated/α-hetero) is 1. The minimum atomic E-state index is -0.0305. The fourth-order valence-electron chi connectivity index (χ4n) is 2.20. The molecule has 0 spiro atoms. The number of aromatic nitrogens is 1. The number of carbonyl (C=O) groups excluding carboxylic acids is 1. The average Bonchev–Trinajstić information content (AvgIpc) is 3.30. The van der Waals surface area contributed by atoms with Gasteiger partial charge in [0.15, 0.2) is 5.78 Å². The molecule has 2 aromatic rings. The van der Waals surface area contributed by atoms with E-state index in [4.69, 9.17) is 4.74 Å². The number of benzene rings is 1. The maximum absolute atomic E-state index is 11.6. The summed E-state index contributed by atoms with van der Waals surface area (Å²) >= 11 is 0. The molecule has 3 rings (SSSR count). The summed E-state index contributed by atoms with van der Waals surface area (Å²) in [6.45, 7) is 4.33. The zero-order valence-electron chi connectivity index (χ0n) is 12.4. The van der Waals surface area contributed by atoms with Gasteiger partial charge in [0, 0.05) is 12.5 Å². The molecule has 1 aliphatic rings. The minimum absolute atomic E-state index is 0.0305. The molecule has 0 unspecified atom stereocenters. The maximum atomic E-state index is 11.6. The molecule has 3 nitrogen and oxygen atoms in total. The predicted molar refractivity (Wildman–Crippen MR) is 82.6 cm³/mol. The third kappa shape index (κ3) is 3.30. The van der Waals surface area contributed by atoms with E-state index in [0.717, 1.165) is 23.5 Å². The zero-order chi connectivity index (χ0) is 14.8. The molecule has 3 heteroatoms. The maximum Gasteiger partial charge on any atom is 0.178 e. The Labute approximate surface area is 125 Å². The normalized spacial score (nSPS) is 14.0. The molecule has 1 aromatic heterocycles. The van der Waals surface area contributed by atoms with Gasteiger partial charge in [0.25, 0.3) is 0 Å². The van der Waals surface area contributed by atoms with Crippen LogP contribution in [0.4, 0.5) is 0 Å². The van der Waals surface area contributed by atoms with Crippen LogP contribution in [0.1, 0.15) is 35.8 Å². The summed E-state index contributed by atoms with van der Waals surface area (Å²) in [4.78, 5) is 15.8. The van der Waals surface area contributed by atoms with Gasteiger partial charge in [-0.05, 0) is 37.3 Å². The molecule has 0 atom stereocenters. The summed E-state index contributed by atoms with van der Waals surface area (Å²) in [5.41, 5.74) is 3.68. The molecular formula is C18H19NO2. The Morgan fingerprint density at radius 3 is 2.62 bits per heavy atom. The number of hydrogen-bond acceptors (Lipinski definition) is 3. The second-order valence-electron chi connectivity index (χ2n) is 5.74. The van der Waals surface area contributed by atoms with Crippen molar-refractivity contribution in [2.45, 2.75) is 26.7 Å². The van der Waals surface area contributed by atoms with Crippen LogP contribution in [-0.2, 0) is 0 Å². The van der Waals surface area contributed by atoms with Crippen LogP contribution in [0.5, 0.6) is 5.75 Å². The van der Waals surface area contributed by atoms with E-state index in [9.17, 15) is 4.79 Å². The van der Waals surface area contributed by atoms with Crippen molar-refractivity contribution in [3.63, 3.8) is 0 Å². The topological polar surface area (TPSA) is 39.2 Å². The highest BCUT2D eigenvalue weighted by Gasteiger charge is 2.22. The van der Waals surface area contributed by atoms with Crippen molar-refractivity contribution < 1.29 is 9.53 Å². The van der Waals surface area contributed by atoms with Gasteiger partial charge in [0.2, 0.25) is 0 Å². The molecule has 0 amide bonds. The lowest BCUT2D eigenvalue weighted by molar-refractivity contribution is 0.101. The molecule has 108 valence electrons. The lowest BCUT2D eigenvalue weighted by Crippen LogP contribution is -2.03. The Morgan fingerprint density at radius 1 is 1.29 bits per heavy atom. The largest absolute Gasteiger partial charge is 0.491 e. The SMILES string of the molecule is CC(=O)c1cc(-c2ccc(C)cc2)c(OCC2CC2)cn1. The molecule has 21 heavy (non-hydrogen) atoms. The van der Waals surface area contributed by atoms with Gasteiger partial charge in [-0.25, -0.2) is 4.98 Å². The van der Waals surface area contributed by atoms with E-state index in [1.54, 1.807) is 6.20 Å². The molecule has 0 radical (unpaired) electrons. The first-order chi connectivity index (χ1) is 10.1. The van der Waals surface area contributed by atoms with Crippen molar-refractivity contribution in [3.8, 4) is 16.9 Å². The van der Waals surface area contributed by atoms with Gasteiger partial charge < -0.3 is 4.74 Å². The molecule has 0 bridgehead atoms. The van der Waals surface area contributed by atoms with Gasteiger partial charge in [-0.3, -0.25) is 4.79 Å². The van der Waals surface area contributed by atoms with Crippen LogP contribution in [0.3, 0.4) is 0 Å². The number of ether oxygens (including phenoxy) is 1. The smallest absolute Gasteiger partial charge is 0.178 e. The highest BCUT2D eigenvalue weighted by molar-refractivity contribution is 5.93. The highest BCUT2D eigenvalue weighted by Crippen LogP contribution is 2.34. The van der Waals surface area contributed by atoms with E-state index >= 15 is 0 Å². The quantitative estimate of drug-likeness (QED) is 0.776. The number of aryl methyl sites for hydroxylation is 1. The summed E-state index contributed by atoms with van der Waals surface area (Å²) in [5.74, 6) is 1.41. The van der Waals surface area contributed by atoms with Crippen LogP contribution in [-0.4, -0.2) is 17.4 Å². The molecule has 1 aromatic carbocycles. The Bertz CT molecular complexity index is 657. The second-order valence-corrected chi connectivity index (χ2v) is 5.74. The molecule has 1 aliphatic carbocycles. The zero-order valence-corrected chi connectivity index (χ0v) is 12.4. The van der Waals surface area contributed by atoms with Crippen molar-refractivity contribution in [2.75, 3.05) is 6.61 Å². The fourth-order valence-corrected chi connectivity index (χ4v) is 2.20. The molecule has 1 saturated carbocycles. The Balaban J connectivity index is 1.97. The molecule has 0 saturated heterocycles. The van der Waals surface area contributed by atoms with E-state index in [-0.39, 0.29) is 5.78 Å². The lowest BCUT2D eigenvalue weighted by Gasteiger charge is -2.12. The van der Waals surface area contributed by atoms with Crippen molar-refractivity contribution in [1.29, 1.82) is 0 Å². The third-order valence-electron chi connectivity index (χ3n) is 3.76. The predicted octanol–water partition coefficient (Wildman–Crippen LogP) is 4.05. The Hall–Kier alpha value is -2.16. The number of pyridine rings is 1. The molecule has 1 heterocycles. The highest BCUT2D eigenvalue weighted by atomic mass is 16.5. The summed E-state index contributed by atoms with van der Waals surface area (Å²) in [5, 5.41) is 0. The number of ketones is 1. The van der Waals surface area contributed by atoms with Crippen LogP contribution in [0.15, 0.2) is 36.5 Å². The number of carbonyl (C=O) groups is 1. The van der Waals surface area contributed by atoms with Crippen molar-refractivity contribution in [2.24, 2.45) is 5.92 Å². The molecule has 1 fully saturated rings. The second kappa shape index (κ2) is 5.68. The van der Waals surface area contributed by atoms with Crippen molar-refractivity contribution in [1.82, 2.24) is 4.98 Å². The molecular weight excluding hydrogens is 262 g/mol. The van der Waals surface area contributed by atoms with Gasteiger partial charge in [-0.1, -0.05) is 29.8 Å². The summed E-state index contributed by atoms with van der Waals surface area (Å²) in [6.07, 6.45) is 4.17. The Kier molecular flexibility index (Phi) is 3.74.